The van der Waals surface area contributed by atoms with Gasteiger partial charge in [0.05, 0.1) is 0 Å². The van der Waals surface area contributed by atoms with E-state index in [1.165, 1.54) is 0 Å². The zero-order valence-electron chi connectivity index (χ0n) is 8.27. The van der Waals surface area contributed by atoms with E-state index in [4.69, 9.17) is 48.2 Å². The van der Waals surface area contributed by atoms with Crippen LogP contribution < -0.4 is 0 Å². The molecule has 1 rings (SSSR count). The highest BCUT2D eigenvalue weighted by Crippen LogP contribution is 2.20. The molecule has 0 aromatic rings. The van der Waals surface area contributed by atoms with E-state index in [0.29, 0.717) is 0 Å². The van der Waals surface area contributed by atoms with Crippen molar-refractivity contribution in [3.8, 4) is 0 Å². The van der Waals surface area contributed by atoms with Gasteiger partial charge in [-0.15, -0.1) is 0 Å². The quantitative estimate of drug-likeness (QED) is 0.158. The summed E-state index contributed by atoms with van der Waals surface area (Å²) in [4.78, 5) is 0. The van der Waals surface area contributed by atoms with Gasteiger partial charge in [0.2, 0.25) is 0 Å². The van der Waals surface area contributed by atoms with Crippen molar-refractivity contribution in [1.82, 2.24) is 0 Å². The normalized spacial score (nSPS) is 40.2. The van der Waals surface area contributed by atoms with E-state index in [9.17, 15) is 0 Å². The molecule has 18 heavy (non-hydrogen) atoms. The zero-order chi connectivity index (χ0) is 14.0. The minimum atomic E-state index is -4.67. The van der Waals surface area contributed by atoms with Crippen LogP contribution in [-0.4, -0.2) is 102 Å². The monoisotopic (exact) mass is 308 g/mol. The Labute approximate surface area is 113 Å². The van der Waals surface area contributed by atoms with Crippen LogP contribution in [-0.2, 0) is 10.4 Å². The molecule has 0 amide bonds. The van der Waals surface area contributed by atoms with Gasteiger partial charge in [0.1, 0.15) is 36.6 Å². The lowest BCUT2D eigenvalue weighted by Gasteiger charge is -2.39. The van der Waals surface area contributed by atoms with Crippen LogP contribution in [0.15, 0.2) is 0 Å². The van der Waals surface area contributed by atoms with Gasteiger partial charge in [-0.3, -0.25) is 9.11 Å². The third kappa shape index (κ3) is 6.36. The van der Waals surface area contributed by atoms with Crippen LogP contribution in [0.2, 0.25) is 0 Å². The predicted octanol–water partition coefficient (Wildman–Crippen LogP) is -5.67. The maximum absolute atomic E-state index is 8.97. The molecule has 0 saturated heterocycles. The van der Waals surface area contributed by atoms with E-state index in [1.54, 1.807) is 0 Å². The van der Waals surface area contributed by atoms with Gasteiger partial charge in [-0.2, -0.15) is 8.42 Å². The van der Waals surface area contributed by atoms with Gasteiger partial charge in [-0.05, 0) is 0 Å². The van der Waals surface area contributed by atoms with Crippen molar-refractivity contribution in [1.29, 1.82) is 0 Å². The molecular formula is C6H17AlO10S. The second-order valence-corrected chi connectivity index (χ2v) is 4.29. The van der Waals surface area contributed by atoms with E-state index >= 15 is 0 Å². The van der Waals surface area contributed by atoms with Crippen LogP contribution in [0.3, 0.4) is 0 Å². The Hall–Kier alpha value is 0.162. The molecule has 0 bridgehead atoms. The molecule has 12 heteroatoms. The number of rotatable bonds is 0. The summed E-state index contributed by atoms with van der Waals surface area (Å²) < 4.78 is 31.6. The Bertz CT molecular complexity index is 267. The topological polar surface area (TPSA) is 196 Å². The molecule has 1 saturated carbocycles. The number of aliphatic hydroxyl groups is 6. The fourth-order valence-electron chi connectivity index (χ4n) is 1.21. The molecule has 0 unspecified atom stereocenters. The van der Waals surface area contributed by atoms with Gasteiger partial charge in [0.25, 0.3) is 0 Å². The molecule has 0 aromatic carbocycles. The summed E-state index contributed by atoms with van der Waals surface area (Å²) in [7, 11) is -4.67. The van der Waals surface area contributed by atoms with E-state index < -0.39 is 47.0 Å². The van der Waals surface area contributed by atoms with Crippen LogP contribution in [0, 0.1) is 0 Å². The Morgan fingerprint density at radius 2 is 0.611 bits per heavy atom. The SMILES string of the molecule is O=S(=O)(O)O.OC1C(O)C(O)C(O)C(O)C1O.[AlH3]. The van der Waals surface area contributed by atoms with E-state index in [-0.39, 0.29) is 17.4 Å². The summed E-state index contributed by atoms with van der Waals surface area (Å²) in [6, 6.07) is 0. The first-order chi connectivity index (χ1) is 7.46. The average Bonchev–Trinajstić information content (AvgIpc) is 2.18. The summed E-state index contributed by atoms with van der Waals surface area (Å²) in [5.41, 5.74) is 0. The maximum atomic E-state index is 8.97. The van der Waals surface area contributed by atoms with E-state index in [1.807, 2.05) is 0 Å². The lowest BCUT2D eigenvalue weighted by Crippen LogP contribution is -2.63. The molecule has 10 nitrogen and oxygen atoms in total. The lowest BCUT2D eigenvalue weighted by atomic mass is 9.85. The van der Waals surface area contributed by atoms with Gasteiger partial charge in [0, 0.05) is 0 Å². The molecule has 0 heterocycles. The molecule has 0 aromatic heterocycles. The summed E-state index contributed by atoms with van der Waals surface area (Å²) in [6.07, 6.45) is -9.84. The smallest absolute Gasteiger partial charge is 0.387 e. The highest BCUT2D eigenvalue weighted by Gasteiger charge is 2.47. The summed E-state index contributed by atoms with van der Waals surface area (Å²) in [5.74, 6) is 0. The molecule has 0 atom stereocenters. The Morgan fingerprint density at radius 1 is 0.556 bits per heavy atom. The first-order valence-electron chi connectivity index (χ1n) is 4.25. The Balaban J connectivity index is 0. The molecule has 1 aliphatic rings. The van der Waals surface area contributed by atoms with Crippen molar-refractivity contribution in [2.75, 3.05) is 0 Å². The van der Waals surface area contributed by atoms with Crippen LogP contribution in [0.1, 0.15) is 0 Å². The summed E-state index contributed by atoms with van der Waals surface area (Å²) in [6.45, 7) is 0. The minimum Gasteiger partial charge on any atom is -0.387 e. The Kier molecular flexibility index (Phi) is 8.74. The zero-order valence-corrected chi connectivity index (χ0v) is 9.08. The fraction of sp³-hybridized carbons (Fsp3) is 1.00. The molecular weight excluding hydrogens is 291 g/mol. The van der Waals surface area contributed by atoms with Crippen LogP contribution in [0.4, 0.5) is 0 Å². The summed E-state index contributed by atoms with van der Waals surface area (Å²) in [5, 5.41) is 53.8. The third-order valence-corrected chi connectivity index (χ3v) is 2.10. The standard InChI is InChI=1S/C6H12O6.Al.H2O4S.3H/c7-1-2(8)4(10)6(12)5(11)3(1)9;;1-5(2,3)4;;;/h1-12H;;(H2,1,2,3,4);;;. The Morgan fingerprint density at radius 3 is 0.667 bits per heavy atom. The first kappa shape index (κ1) is 20.5. The molecule has 0 spiro atoms. The maximum Gasteiger partial charge on any atom is 0.394 e. The number of hydrogen-bond acceptors (Lipinski definition) is 8. The molecule has 110 valence electrons. The van der Waals surface area contributed by atoms with Gasteiger partial charge in [-0.1, -0.05) is 0 Å². The van der Waals surface area contributed by atoms with E-state index in [2.05, 4.69) is 0 Å². The van der Waals surface area contributed by atoms with Crippen molar-refractivity contribution in [2.24, 2.45) is 0 Å². The van der Waals surface area contributed by atoms with Gasteiger partial charge < -0.3 is 30.6 Å². The largest absolute Gasteiger partial charge is 0.394 e. The van der Waals surface area contributed by atoms with Gasteiger partial charge >= 0.3 is 10.4 Å². The number of hydrogen-bond donors (Lipinski definition) is 8. The van der Waals surface area contributed by atoms with Crippen LogP contribution in [0.25, 0.3) is 0 Å². The first-order valence-corrected chi connectivity index (χ1v) is 5.64. The molecule has 1 aliphatic carbocycles. The van der Waals surface area contributed by atoms with E-state index in [0.717, 1.165) is 0 Å². The average molecular weight is 308 g/mol. The predicted molar refractivity (Wildman–Crippen MR) is 60.2 cm³/mol. The van der Waals surface area contributed by atoms with Gasteiger partial charge in [0.15, 0.2) is 17.4 Å². The van der Waals surface area contributed by atoms with Gasteiger partial charge in [-0.25, -0.2) is 0 Å². The van der Waals surface area contributed by atoms with Crippen molar-refractivity contribution in [3.63, 3.8) is 0 Å². The molecule has 1 fully saturated rings. The summed E-state index contributed by atoms with van der Waals surface area (Å²) >= 11 is 0. The highest BCUT2D eigenvalue weighted by atomic mass is 32.3. The molecule has 8 N–H and O–H groups in total. The van der Waals surface area contributed by atoms with Crippen LogP contribution >= 0.6 is 0 Å². The molecule has 0 aliphatic heterocycles. The van der Waals surface area contributed by atoms with Crippen molar-refractivity contribution in [3.05, 3.63) is 0 Å². The van der Waals surface area contributed by atoms with Crippen molar-refractivity contribution >= 4 is 27.8 Å². The second kappa shape index (κ2) is 7.68. The number of aliphatic hydroxyl groups excluding tert-OH is 6. The van der Waals surface area contributed by atoms with Crippen molar-refractivity contribution in [2.45, 2.75) is 36.6 Å². The second-order valence-electron chi connectivity index (χ2n) is 3.39. The van der Waals surface area contributed by atoms with Crippen LogP contribution in [0.5, 0.6) is 0 Å². The molecule has 0 radical (unpaired) electrons. The minimum absolute atomic E-state index is 0. The highest BCUT2D eigenvalue weighted by molar-refractivity contribution is 7.79. The fourth-order valence-corrected chi connectivity index (χ4v) is 1.21. The lowest BCUT2D eigenvalue weighted by molar-refractivity contribution is -0.223. The third-order valence-electron chi connectivity index (χ3n) is 2.10. The van der Waals surface area contributed by atoms with Crippen molar-refractivity contribution < 1.29 is 48.2 Å².